The summed E-state index contributed by atoms with van der Waals surface area (Å²) in [5.74, 6) is 0. The first-order valence-corrected chi connectivity index (χ1v) is 8.54. The summed E-state index contributed by atoms with van der Waals surface area (Å²) in [4.78, 5) is 0. The van der Waals surface area contributed by atoms with E-state index in [2.05, 4.69) is 60.7 Å². The fourth-order valence-corrected chi connectivity index (χ4v) is 3.13. The molecule has 0 atom stereocenters. The van der Waals surface area contributed by atoms with Crippen LogP contribution in [-0.2, 0) is 6.42 Å². The molecule has 0 aliphatic heterocycles. The highest BCUT2D eigenvalue weighted by atomic mass is 14.2. The fourth-order valence-electron chi connectivity index (χ4n) is 3.13. The van der Waals surface area contributed by atoms with Crippen molar-refractivity contribution in [3.8, 4) is 0 Å². The molecule has 1 aliphatic carbocycles. The Hall–Kier alpha value is -2.08. The predicted molar refractivity (Wildman–Crippen MR) is 102 cm³/mol. The molecule has 0 spiro atoms. The van der Waals surface area contributed by atoms with Gasteiger partial charge in [0, 0.05) is 0 Å². The van der Waals surface area contributed by atoms with Crippen molar-refractivity contribution in [1.82, 2.24) is 0 Å². The van der Waals surface area contributed by atoms with Gasteiger partial charge in [0.1, 0.15) is 0 Å². The lowest BCUT2D eigenvalue weighted by Crippen LogP contribution is -1.97. The van der Waals surface area contributed by atoms with E-state index in [9.17, 15) is 0 Å². The molecular weight excluding hydrogens is 264 g/mol. The molecule has 0 saturated heterocycles. The van der Waals surface area contributed by atoms with Crippen LogP contribution in [0.4, 0.5) is 0 Å². The molecule has 1 aliphatic rings. The average molecular weight is 290 g/mol. The number of hydrogen-bond acceptors (Lipinski definition) is 0. The van der Waals surface area contributed by atoms with Crippen molar-refractivity contribution < 1.29 is 0 Å². The van der Waals surface area contributed by atoms with Crippen LogP contribution < -0.4 is 0 Å². The molecule has 0 nitrogen and oxygen atoms in total. The molecule has 0 heteroatoms. The van der Waals surface area contributed by atoms with Gasteiger partial charge >= 0.3 is 0 Å². The van der Waals surface area contributed by atoms with Gasteiger partial charge in [0.05, 0.1) is 0 Å². The first-order valence-electron chi connectivity index (χ1n) is 8.54. The number of hydrogen-bond donors (Lipinski definition) is 0. The molecule has 0 fully saturated rings. The molecule has 3 aromatic rings. The zero-order valence-corrected chi connectivity index (χ0v) is 14.2. The molecule has 22 heavy (non-hydrogen) atoms. The van der Waals surface area contributed by atoms with Crippen LogP contribution in [0.25, 0.3) is 27.6 Å². The van der Waals surface area contributed by atoms with Crippen molar-refractivity contribution in [1.29, 1.82) is 0 Å². The number of aryl methyl sites for hydroxylation is 1. The summed E-state index contributed by atoms with van der Waals surface area (Å²) >= 11 is 0. The molecule has 0 radical (unpaired) electrons. The Morgan fingerprint density at radius 3 is 1.77 bits per heavy atom. The van der Waals surface area contributed by atoms with E-state index in [1.807, 2.05) is 27.7 Å². The maximum Gasteiger partial charge on any atom is -0.00992 e. The van der Waals surface area contributed by atoms with Crippen LogP contribution in [0, 0.1) is 0 Å². The average Bonchev–Trinajstić information content (AvgIpc) is 2.65. The van der Waals surface area contributed by atoms with E-state index < -0.39 is 0 Å². The molecule has 0 unspecified atom stereocenters. The van der Waals surface area contributed by atoms with Gasteiger partial charge in [-0.25, -0.2) is 0 Å². The molecule has 0 N–H and O–H groups in total. The van der Waals surface area contributed by atoms with Crippen LogP contribution in [0.2, 0.25) is 0 Å². The van der Waals surface area contributed by atoms with Crippen LogP contribution >= 0.6 is 0 Å². The van der Waals surface area contributed by atoms with Crippen molar-refractivity contribution in [3.63, 3.8) is 0 Å². The lowest BCUT2D eigenvalue weighted by atomic mass is 9.87. The van der Waals surface area contributed by atoms with E-state index in [0.29, 0.717) is 0 Å². The molecule has 0 amide bonds. The summed E-state index contributed by atoms with van der Waals surface area (Å²) < 4.78 is 0. The van der Waals surface area contributed by atoms with Gasteiger partial charge in [-0.05, 0) is 45.5 Å². The van der Waals surface area contributed by atoms with E-state index in [0.717, 1.165) is 12.8 Å². The molecule has 0 aromatic heterocycles. The van der Waals surface area contributed by atoms with E-state index in [1.165, 1.54) is 32.7 Å². The van der Waals surface area contributed by atoms with Gasteiger partial charge in [0.15, 0.2) is 0 Å². The first kappa shape index (κ1) is 16.3. The molecular formula is C22H26. The minimum atomic E-state index is 1.16. The molecule has 0 saturated carbocycles. The smallest absolute Gasteiger partial charge is 0.00992 e. The largest absolute Gasteiger partial charge is 0.0836 e. The normalized spacial score (nSPS) is 12.0. The second-order valence-electron chi connectivity index (χ2n) is 4.92. The Labute approximate surface area is 134 Å². The second-order valence-corrected chi connectivity index (χ2v) is 4.92. The third-order valence-electron chi connectivity index (χ3n) is 3.93. The first-order chi connectivity index (χ1) is 10.9. The summed E-state index contributed by atoms with van der Waals surface area (Å²) in [6.07, 6.45) is 6.92. The molecule has 3 aromatic carbocycles. The van der Waals surface area contributed by atoms with Crippen LogP contribution in [0.15, 0.2) is 54.6 Å². The van der Waals surface area contributed by atoms with Gasteiger partial charge in [0.25, 0.3) is 0 Å². The van der Waals surface area contributed by atoms with Gasteiger partial charge in [-0.3, -0.25) is 0 Å². The minimum absolute atomic E-state index is 1.16. The van der Waals surface area contributed by atoms with Crippen molar-refractivity contribution in [2.75, 3.05) is 0 Å². The zero-order valence-electron chi connectivity index (χ0n) is 14.2. The predicted octanol–water partition coefficient (Wildman–Crippen LogP) is 7.00. The summed E-state index contributed by atoms with van der Waals surface area (Å²) in [7, 11) is 0. The van der Waals surface area contributed by atoms with Crippen molar-refractivity contribution in [2.24, 2.45) is 0 Å². The van der Waals surface area contributed by atoms with Crippen LogP contribution in [0.3, 0.4) is 0 Å². The van der Waals surface area contributed by atoms with Gasteiger partial charge in [-0.1, -0.05) is 88.4 Å². The second kappa shape index (κ2) is 7.79. The van der Waals surface area contributed by atoms with Gasteiger partial charge in [-0.15, -0.1) is 0 Å². The van der Waals surface area contributed by atoms with E-state index in [1.54, 1.807) is 0 Å². The van der Waals surface area contributed by atoms with Crippen LogP contribution in [0.5, 0.6) is 0 Å². The summed E-state index contributed by atoms with van der Waals surface area (Å²) in [6, 6.07) is 17.6. The Morgan fingerprint density at radius 1 is 0.636 bits per heavy atom. The number of rotatable bonds is 0. The number of benzene rings is 3. The number of allylic oxidation sites excluding steroid dienone is 1. The Morgan fingerprint density at radius 2 is 1.14 bits per heavy atom. The van der Waals surface area contributed by atoms with E-state index in [4.69, 9.17) is 0 Å². The third kappa shape index (κ3) is 2.78. The zero-order chi connectivity index (χ0) is 15.9. The standard InChI is InChI=1S/C18H14.2C2H6/c1-2-8-14-13(7-1)15-9-3-4-11-17(15)18-12-6-5-10-16(14)18;2*1-2/h1-5,7-11H,6,12H2;2*1-2H3. The lowest BCUT2D eigenvalue weighted by molar-refractivity contribution is 1.00. The van der Waals surface area contributed by atoms with Crippen molar-refractivity contribution >= 4 is 27.6 Å². The highest BCUT2D eigenvalue weighted by Crippen LogP contribution is 2.36. The molecule has 4 rings (SSSR count). The molecule has 0 bridgehead atoms. The quantitative estimate of drug-likeness (QED) is 0.391. The van der Waals surface area contributed by atoms with Crippen molar-refractivity contribution in [2.45, 2.75) is 40.5 Å². The Balaban J connectivity index is 0.000000410. The van der Waals surface area contributed by atoms with Gasteiger partial charge in [0.2, 0.25) is 0 Å². The maximum absolute atomic E-state index is 2.30. The molecule has 114 valence electrons. The summed E-state index contributed by atoms with van der Waals surface area (Å²) in [5.41, 5.74) is 2.95. The summed E-state index contributed by atoms with van der Waals surface area (Å²) in [6.45, 7) is 8.00. The fraction of sp³-hybridized carbons (Fsp3) is 0.273. The van der Waals surface area contributed by atoms with Gasteiger partial charge in [-0.2, -0.15) is 0 Å². The monoisotopic (exact) mass is 290 g/mol. The third-order valence-corrected chi connectivity index (χ3v) is 3.93. The maximum atomic E-state index is 2.30. The van der Waals surface area contributed by atoms with E-state index in [-0.39, 0.29) is 0 Å². The molecule has 0 heterocycles. The van der Waals surface area contributed by atoms with Crippen molar-refractivity contribution in [3.05, 3.63) is 65.7 Å². The minimum Gasteiger partial charge on any atom is -0.0836 e. The lowest BCUT2D eigenvalue weighted by Gasteiger charge is -2.17. The summed E-state index contributed by atoms with van der Waals surface area (Å²) in [5, 5.41) is 5.58. The Kier molecular flexibility index (Phi) is 5.77. The highest BCUT2D eigenvalue weighted by molar-refractivity contribution is 6.12. The SMILES string of the molecule is C1=Cc2c(c3ccccc3c3ccccc23)CC1.CC.CC. The van der Waals surface area contributed by atoms with Crippen LogP contribution in [-0.4, -0.2) is 0 Å². The number of fused-ring (bicyclic) bond motifs is 6. The Bertz CT molecular complexity index is 778. The van der Waals surface area contributed by atoms with Crippen LogP contribution in [0.1, 0.15) is 45.2 Å². The van der Waals surface area contributed by atoms with Gasteiger partial charge < -0.3 is 0 Å². The van der Waals surface area contributed by atoms with E-state index >= 15 is 0 Å². The highest BCUT2D eigenvalue weighted by Gasteiger charge is 2.13. The topological polar surface area (TPSA) is 0 Å².